The highest BCUT2D eigenvalue weighted by Gasteiger charge is 2.12. The minimum absolute atomic E-state index is 0.576. The van der Waals surface area contributed by atoms with Crippen molar-refractivity contribution >= 4 is 11.6 Å². The van der Waals surface area contributed by atoms with E-state index in [1.807, 2.05) is 59.4 Å². The summed E-state index contributed by atoms with van der Waals surface area (Å²) in [5.41, 5.74) is 0.944. The average molecular weight is 377 g/mol. The van der Waals surface area contributed by atoms with Crippen molar-refractivity contribution in [1.82, 2.24) is 14.5 Å². The summed E-state index contributed by atoms with van der Waals surface area (Å²) in [5.74, 6) is 3.25. The van der Waals surface area contributed by atoms with E-state index in [2.05, 4.69) is 15.3 Å². The van der Waals surface area contributed by atoms with Crippen LogP contribution in [0.3, 0.4) is 0 Å². The van der Waals surface area contributed by atoms with Crippen LogP contribution >= 0.6 is 0 Å². The molecule has 5 heteroatoms. The lowest BCUT2D eigenvalue weighted by Gasteiger charge is -2.21. The Balaban J connectivity index is 1.26. The maximum absolute atomic E-state index is 5.91. The molecule has 1 aliphatic carbocycles. The van der Waals surface area contributed by atoms with Gasteiger partial charge in [-0.05, 0) is 61.2 Å². The Morgan fingerprint density at radius 2 is 1.79 bits per heavy atom. The summed E-state index contributed by atoms with van der Waals surface area (Å²) < 4.78 is 7.86. The normalized spacial score (nSPS) is 14.7. The van der Waals surface area contributed by atoms with E-state index in [0.717, 1.165) is 36.2 Å². The van der Waals surface area contributed by atoms with Crippen LogP contribution in [-0.2, 0) is 0 Å². The molecule has 5 nitrogen and oxygen atoms in total. The Hall–Kier alpha value is -2.82. The maximum Gasteiger partial charge on any atom is 0.229 e. The third-order valence-corrected chi connectivity index (χ3v) is 5.37. The number of nitrogens with one attached hydrogen (secondary N) is 1. The zero-order chi connectivity index (χ0) is 19.0. The van der Waals surface area contributed by atoms with Gasteiger partial charge in [0.05, 0.1) is 6.61 Å². The summed E-state index contributed by atoms with van der Waals surface area (Å²) in [5, 5.41) is 3.25. The fourth-order valence-electron chi connectivity index (χ4n) is 3.84. The molecule has 0 bridgehead atoms. The molecule has 1 aliphatic rings. The lowest BCUT2D eigenvalue weighted by atomic mass is 9.86. The van der Waals surface area contributed by atoms with Crippen molar-refractivity contribution in [1.29, 1.82) is 0 Å². The first-order valence-corrected chi connectivity index (χ1v) is 10.3. The number of benzene rings is 1. The quantitative estimate of drug-likeness (QED) is 0.509. The molecule has 0 saturated heterocycles. The van der Waals surface area contributed by atoms with E-state index in [-0.39, 0.29) is 0 Å². The topological polar surface area (TPSA) is 52.0 Å². The van der Waals surface area contributed by atoms with Crippen LogP contribution in [-0.4, -0.2) is 21.1 Å². The Morgan fingerprint density at radius 1 is 1.00 bits per heavy atom. The molecule has 0 atom stereocenters. The Labute approximate surface area is 166 Å². The highest BCUT2D eigenvalue weighted by molar-refractivity contribution is 5.55. The van der Waals surface area contributed by atoms with E-state index in [0.29, 0.717) is 5.95 Å². The Morgan fingerprint density at radius 3 is 2.57 bits per heavy atom. The van der Waals surface area contributed by atoms with Gasteiger partial charge < -0.3 is 14.6 Å². The van der Waals surface area contributed by atoms with Crippen LogP contribution in [0.1, 0.15) is 44.9 Å². The predicted octanol–water partition coefficient (Wildman–Crippen LogP) is 5.75. The number of aromatic nitrogens is 3. The number of anilines is 2. The molecule has 0 spiro atoms. The lowest BCUT2D eigenvalue weighted by Crippen LogP contribution is -2.08. The van der Waals surface area contributed by atoms with Crippen LogP contribution in [0.2, 0.25) is 0 Å². The molecule has 0 radical (unpaired) electrons. The van der Waals surface area contributed by atoms with Gasteiger partial charge in [0.15, 0.2) is 0 Å². The van der Waals surface area contributed by atoms with Crippen molar-refractivity contribution < 1.29 is 4.74 Å². The molecule has 1 saturated carbocycles. The van der Waals surface area contributed by atoms with Gasteiger partial charge >= 0.3 is 0 Å². The van der Waals surface area contributed by atoms with Crippen LogP contribution in [0, 0.1) is 5.92 Å². The molecule has 0 amide bonds. The zero-order valence-electron chi connectivity index (χ0n) is 16.3. The van der Waals surface area contributed by atoms with Gasteiger partial charge in [0.25, 0.3) is 0 Å². The first kappa shape index (κ1) is 18.5. The van der Waals surface area contributed by atoms with E-state index in [4.69, 9.17) is 4.74 Å². The summed E-state index contributed by atoms with van der Waals surface area (Å²) >= 11 is 0. The van der Waals surface area contributed by atoms with Crippen LogP contribution < -0.4 is 10.1 Å². The van der Waals surface area contributed by atoms with E-state index in [1.165, 1.54) is 38.5 Å². The van der Waals surface area contributed by atoms with Gasteiger partial charge in [-0.25, -0.2) is 4.98 Å². The van der Waals surface area contributed by atoms with Crippen LogP contribution in [0.25, 0.3) is 5.82 Å². The summed E-state index contributed by atoms with van der Waals surface area (Å²) in [6.07, 6.45) is 15.2. The van der Waals surface area contributed by atoms with Crippen molar-refractivity contribution in [2.75, 3.05) is 11.9 Å². The fourth-order valence-corrected chi connectivity index (χ4v) is 3.84. The average Bonchev–Trinajstić information content (AvgIpc) is 3.28. The van der Waals surface area contributed by atoms with Crippen molar-refractivity contribution in [3.05, 3.63) is 61.1 Å². The molecule has 3 aromatic rings. The number of nitrogens with zero attached hydrogens (tertiary/aromatic N) is 3. The third kappa shape index (κ3) is 5.12. The van der Waals surface area contributed by atoms with Gasteiger partial charge in [-0.1, -0.05) is 32.1 Å². The molecule has 28 heavy (non-hydrogen) atoms. The summed E-state index contributed by atoms with van der Waals surface area (Å²) in [7, 11) is 0. The molecule has 146 valence electrons. The second-order valence-electron chi connectivity index (χ2n) is 7.47. The predicted molar refractivity (Wildman–Crippen MR) is 112 cm³/mol. The molecule has 0 unspecified atom stereocenters. The Bertz CT molecular complexity index is 839. The second kappa shape index (κ2) is 9.40. The van der Waals surface area contributed by atoms with E-state index >= 15 is 0 Å². The SMILES string of the molecule is c1ccn(-c2ccnc(Nc3ccc(OCCCC4CCCCC4)cc3)n2)c1. The van der Waals surface area contributed by atoms with Gasteiger partial charge in [-0.2, -0.15) is 4.98 Å². The minimum Gasteiger partial charge on any atom is -0.494 e. The van der Waals surface area contributed by atoms with Gasteiger partial charge in [-0.15, -0.1) is 0 Å². The third-order valence-electron chi connectivity index (χ3n) is 5.37. The van der Waals surface area contributed by atoms with Crippen molar-refractivity contribution in [2.45, 2.75) is 44.9 Å². The molecule has 2 heterocycles. The number of ether oxygens (including phenoxy) is 1. The van der Waals surface area contributed by atoms with Crippen molar-refractivity contribution in [2.24, 2.45) is 5.92 Å². The standard InChI is InChI=1S/C23H28N4O/c1-2-7-19(8-3-1)9-6-18-28-21-12-10-20(11-13-21)25-23-24-15-14-22(26-23)27-16-4-5-17-27/h4-5,10-17,19H,1-3,6-9,18H2,(H,24,25,26). The highest BCUT2D eigenvalue weighted by Crippen LogP contribution is 2.27. The molecule has 4 rings (SSSR count). The Kier molecular flexibility index (Phi) is 6.22. The lowest BCUT2D eigenvalue weighted by molar-refractivity contribution is 0.269. The number of hydrogen-bond donors (Lipinski definition) is 1. The molecule has 1 aromatic carbocycles. The summed E-state index contributed by atoms with van der Waals surface area (Å²) in [6, 6.07) is 13.8. The largest absolute Gasteiger partial charge is 0.494 e. The van der Waals surface area contributed by atoms with Gasteiger partial charge in [0.1, 0.15) is 11.6 Å². The van der Waals surface area contributed by atoms with Crippen LogP contribution in [0.4, 0.5) is 11.6 Å². The highest BCUT2D eigenvalue weighted by atomic mass is 16.5. The first-order chi connectivity index (χ1) is 13.9. The molecule has 2 aromatic heterocycles. The van der Waals surface area contributed by atoms with Crippen molar-refractivity contribution in [3.8, 4) is 11.6 Å². The number of hydrogen-bond acceptors (Lipinski definition) is 4. The molecule has 1 fully saturated rings. The van der Waals surface area contributed by atoms with Gasteiger partial charge in [-0.3, -0.25) is 0 Å². The van der Waals surface area contributed by atoms with E-state index in [1.54, 1.807) is 6.20 Å². The summed E-state index contributed by atoms with van der Waals surface area (Å²) in [6.45, 7) is 0.797. The maximum atomic E-state index is 5.91. The first-order valence-electron chi connectivity index (χ1n) is 10.3. The monoisotopic (exact) mass is 376 g/mol. The fraction of sp³-hybridized carbons (Fsp3) is 0.391. The van der Waals surface area contributed by atoms with Gasteiger partial charge in [0.2, 0.25) is 5.95 Å². The zero-order valence-corrected chi connectivity index (χ0v) is 16.3. The van der Waals surface area contributed by atoms with E-state index < -0.39 is 0 Å². The molecular formula is C23H28N4O. The van der Waals surface area contributed by atoms with Gasteiger partial charge in [0, 0.05) is 24.3 Å². The number of rotatable bonds is 8. The smallest absolute Gasteiger partial charge is 0.229 e. The molecule has 0 aliphatic heterocycles. The minimum atomic E-state index is 0.576. The van der Waals surface area contributed by atoms with Crippen LogP contribution in [0.15, 0.2) is 61.1 Å². The molecule has 1 N–H and O–H groups in total. The second-order valence-corrected chi connectivity index (χ2v) is 7.47. The summed E-state index contributed by atoms with van der Waals surface area (Å²) in [4.78, 5) is 8.85. The van der Waals surface area contributed by atoms with Crippen molar-refractivity contribution in [3.63, 3.8) is 0 Å². The van der Waals surface area contributed by atoms with Crippen LogP contribution in [0.5, 0.6) is 5.75 Å². The van der Waals surface area contributed by atoms with E-state index in [9.17, 15) is 0 Å². The molecular weight excluding hydrogens is 348 g/mol.